The monoisotopic (exact) mass is 255 g/mol. The number of rotatable bonds is 2. The van der Waals surface area contributed by atoms with Crippen molar-refractivity contribution in [3.63, 3.8) is 0 Å². The zero-order valence-electron chi connectivity index (χ0n) is 10.7. The number of nitrogens with zero attached hydrogens (tertiary/aromatic N) is 2. The van der Waals surface area contributed by atoms with Crippen LogP contribution in [0.5, 0.6) is 0 Å². The Morgan fingerprint density at radius 1 is 1.16 bits per heavy atom. The summed E-state index contributed by atoms with van der Waals surface area (Å²) in [5.41, 5.74) is 0.972. The summed E-state index contributed by atoms with van der Waals surface area (Å²) in [4.78, 5) is 4.53. The van der Waals surface area contributed by atoms with E-state index < -0.39 is 0 Å². The first-order valence-corrected chi connectivity index (χ1v) is 6.70. The van der Waals surface area contributed by atoms with Crippen LogP contribution in [0.2, 0.25) is 0 Å². The first-order chi connectivity index (χ1) is 9.43. The summed E-state index contributed by atoms with van der Waals surface area (Å²) < 4.78 is 5.41. The lowest BCUT2D eigenvalue weighted by molar-refractivity contribution is 0.321. The quantitative estimate of drug-likeness (QED) is 0.882. The van der Waals surface area contributed by atoms with Gasteiger partial charge in [-0.15, -0.1) is 0 Å². The highest BCUT2D eigenvalue weighted by atomic mass is 16.5. The second kappa shape index (κ2) is 5.80. The van der Waals surface area contributed by atoms with Gasteiger partial charge in [-0.05, 0) is 19.4 Å². The summed E-state index contributed by atoms with van der Waals surface area (Å²) >= 11 is 0. The van der Waals surface area contributed by atoms with E-state index in [9.17, 15) is 0 Å². The summed E-state index contributed by atoms with van der Waals surface area (Å²) in [5.74, 6) is 1.76. The van der Waals surface area contributed by atoms with Crippen LogP contribution in [0.15, 0.2) is 47.1 Å². The summed E-state index contributed by atoms with van der Waals surface area (Å²) in [6.07, 6.45) is 16.2. The first-order valence-electron chi connectivity index (χ1n) is 6.70. The predicted molar refractivity (Wildman–Crippen MR) is 74.5 cm³/mol. The minimum Gasteiger partial charge on any atom is -0.339 e. The van der Waals surface area contributed by atoms with Gasteiger partial charge in [0, 0.05) is 12.1 Å². The molecule has 1 aliphatic carbocycles. The van der Waals surface area contributed by atoms with Crippen LogP contribution in [0.3, 0.4) is 0 Å². The molecule has 1 unspecified atom stereocenters. The highest BCUT2D eigenvalue weighted by molar-refractivity contribution is 5.71. The molecule has 19 heavy (non-hydrogen) atoms. The van der Waals surface area contributed by atoms with E-state index in [1.165, 1.54) is 6.42 Å². The normalized spacial score (nSPS) is 30.7. The van der Waals surface area contributed by atoms with Gasteiger partial charge in [0.05, 0.1) is 5.92 Å². The fourth-order valence-electron chi connectivity index (χ4n) is 2.30. The highest BCUT2D eigenvalue weighted by Gasteiger charge is 2.21. The molecule has 2 aliphatic rings. The van der Waals surface area contributed by atoms with Crippen LogP contribution < -0.4 is 5.32 Å². The number of aromatic nitrogens is 2. The molecule has 4 nitrogen and oxygen atoms in total. The van der Waals surface area contributed by atoms with E-state index in [2.05, 4.69) is 15.5 Å². The zero-order valence-corrected chi connectivity index (χ0v) is 10.7. The molecular formula is C15H17N3O. The van der Waals surface area contributed by atoms with Gasteiger partial charge in [0.25, 0.3) is 0 Å². The van der Waals surface area contributed by atoms with Crippen LogP contribution in [0.25, 0.3) is 5.57 Å². The average molecular weight is 255 g/mol. The summed E-state index contributed by atoms with van der Waals surface area (Å²) in [6, 6.07) is 0. The van der Waals surface area contributed by atoms with Crippen molar-refractivity contribution in [1.82, 2.24) is 15.5 Å². The summed E-state index contributed by atoms with van der Waals surface area (Å²) in [6.45, 7) is 2.02. The molecule has 2 heterocycles. The molecule has 1 aromatic heterocycles. The molecule has 3 rings (SSSR count). The average Bonchev–Trinajstić information content (AvgIpc) is 2.89. The van der Waals surface area contributed by atoms with Crippen molar-refractivity contribution in [1.29, 1.82) is 0 Å². The van der Waals surface area contributed by atoms with Crippen LogP contribution in [0, 0.1) is 0 Å². The van der Waals surface area contributed by atoms with Crippen LogP contribution in [-0.2, 0) is 0 Å². The molecule has 1 aliphatic heterocycles. The van der Waals surface area contributed by atoms with E-state index in [4.69, 9.17) is 4.52 Å². The Bertz CT molecular complexity index is 545. The fourth-order valence-corrected chi connectivity index (χ4v) is 2.30. The Labute approximate surface area is 112 Å². The molecular weight excluding hydrogens is 238 g/mol. The maximum atomic E-state index is 5.41. The van der Waals surface area contributed by atoms with Gasteiger partial charge in [0.1, 0.15) is 0 Å². The molecule has 0 spiro atoms. The summed E-state index contributed by atoms with van der Waals surface area (Å²) in [7, 11) is 0. The third-order valence-corrected chi connectivity index (χ3v) is 3.34. The third-order valence-electron chi connectivity index (χ3n) is 3.34. The predicted octanol–water partition coefficient (Wildman–Crippen LogP) is 2.60. The molecule has 0 aromatic carbocycles. The molecule has 0 radical (unpaired) electrons. The van der Waals surface area contributed by atoms with Gasteiger partial charge in [-0.1, -0.05) is 47.7 Å². The topological polar surface area (TPSA) is 51.0 Å². The van der Waals surface area contributed by atoms with E-state index >= 15 is 0 Å². The second-order valence-electron chi connectivity index (χ2n) is 4.75. The Balaban J connectivity index is 1.80. The standard InChI is InChI=1S/C15H17N3O/c1-2-4-7-12(8-5-3-1)14-17-15(19-18-14)13-9-6-10-16-11-13/h1-5,7-8,13,16H,6,9-11H2/b2-1-,3-1?,4-2?,5-3-,7-4-,8-5?,12-7?,12-8+. The molecule has 1 atom stereocenters. The van der Waals surface area contributed by atoms with Crippen molar-refractivity contribution in [2.45, 2.75) is 18.8 Å². The van der Waals surface area contributed by atoms with Gasteiger partial charge >= 0.3 is 0 Å². The molecule has 98 valence electrons. The number of allylic oxidation sites excluding steroid dienone is 8. The molecule has 0 bridgehead atoms. The third kappa shape index (κ3) is 2.90. The van der Waals surface area contributed by atoms with E-state index in [1.807, 2.05) is 42.5 Å². The van der Waals surface area contributed by atoms with Crippen molar-refractivity contribution < 1.29 is 4.52 Å². The molecule has 1 saturated heterocycles. The Morgan fingerprint density at radius 2 is 2.05 bits per heavy atom. The van der Waals surface area contributed by atoms with Gasteiger partial charge in [0.2, 0.25) is 11.7 Å². The van der Waals surface area contributed by atoms with Crippen LogP contribution in [0.4, 0.5) is 0 Å². The maximum absolute atomic E-state index is 5.41. The van der Waals surface area contributed by atoms with Gasteiger partial charge < -0.3 is 9.84 Å². The first kappa shape index (κ1) is 12.1. The van der Waals surface area contributed by atoms with Crippen molar-refractivity contribution in [2.75, 3.05) is 13.1 Å². The molecule has 0 saturated carbocycles. The van der Waals surface area contributed by atoms with Crippen LogP contribution >= 0.6 is 0 Å². The smallest absolute Gasteiger partial charge is 0.231 e. The lowest BCUT2D eigenvalue weighted by Gasteiger charge is -2.18. The summed E-state index contributed by atoms with van der Waals surface area (Å²) in [5, 5.41) is 7.46. The van der Waals surface area contributed by atoms with Gasteiger partial charge in [0.15, 0.2) is 0 Å². The highest BCUT2D eigenvalue weighted by Crippen LogP contribution is 2.23. The lowest BCUT2D eigenvalue weighted by Crippen LogP contribution is -2.28. The van der Waals surface area contributed by atoms with Crippen molar-refractivity contribution >= 4 is 5.57 Å². The molecule has 0 amide bonds. The minimum atomic E-state index is 0.351. The van der Waals surface area contributed by atoms with Gasteiger partial charge in [-0.2, -0.15) is 4.98 Å². The Morgan fingerprint density at radius 3 is 2.95 bits per heavy atom. The zero-order chi connectivity index (χ0) is 12.9. The number of hydrogen-bond donors (Lipinski definition) is 1. The van der Waals surface area contributed by atoms with Crippen molar-refractivity contribution in [3.8, 4) is 0 Å². The fraction of sp³-hybridized carbons (Fsp3) is 0.333. The van der Waals surface area contributed by atoms with E-state index in [0.717, 1.165) is 31.0 Å². The molecule has 1 fully saturated rings. The Kier molecular flexibility index (Phi) is 3.70. The van der Waals surface area contributed by atoms with E-state index in [-0.39, 0.29) is 0 Å². The minimum absolute atomic E-state index is 0.351. The lowest BCUT2D eigenvalue weighted by atomic mass is 10.00. The molecule has 1 aromatic rings. The van der Waals surface area contributed by atoms with Crippen molar-refractivity contribution in [3.05, 3.63) is 54.2 Å². The van der Waals surface area contributed by atoms with Gasteiger partial charge in [-0.3, -0.25) is 0 Å². The maximum Gasteiger partial charge on any atom is 0.231 e. The van der Waals surface area contributed by atoms with Crippen molar-refractivity contribution in [2.24, 2.45) is 0 Å². The SMILES string of the molecule is C1=C\C=C/C(c2noc(C3CCCNC3)n2)=C\C=C/1. The van der Waals surface area contributed by atoms with E-state index in [1.54, 1.807) is 0 Å². The Hall–Kier alpha value is -1.94. The molecule has 4 heteroatoms. The number of hydrogen-bond acceptors (Lipinski definition) is 4. The number of piperidine rings is 1. The van der Waals surface area contributed by atoms with Crippen LogP contribution in [0.1, 0.15) is 30.5 Å². The largest absolute Gasteiger partial charge is 0.339 e. The second-order valence-corrected chi connectivity index (χ2v) is 4.75. The van der Waals surface area contributed by atoms with Gasteiger partial charge in [-0.25, -0.2) is 0 Å². The number of nitrogens with one attached hydrogen (secondary N) is 1. The molecule has 1 N–H and O–H groups in total. The van der Waals surface area contributed by atoms with Crippen LogP contribution in [-0.4, -0.2) is 23.2 Å². The van der Waals surface area contributed by atoms with E-state index in [0.29, 0.717) is 11.7 Å².